The minimum atomic E-state index is 0.725. The van der Waals surface area contributed by atoms with Crippen molar-refractivity contribution in [3.63, 3.8) is 0 Å². The summed E-state index contributed by atoms with van der Waals surface area (Å²) in [5.74, 6) is 1.82. The maximum atomic E-state index is 5.23. The predicted octanol–water partition coefficient (Wildman–Crippen LogP) is 1.74. The fourth-order valence-corrected chi connectivity index (χ4v) is 2.92. The highest BCUT2D eigenvalue weighted by atomic mass is 32.1. The molecule has 18 heavy (non-hydrogen) atoms. The average molecular weight is 269 g/mol. The molecule has 1 fully saturated rings. The van der Waals surface area contributed by atoms with Crippen LogP contribution in [0.15, 0.2) is 0 Å². The van der Waals surface area contributed by atoms with Gasteiger partial charge < -0.3 is 9.80 Å². The zero-order chi connectivity index (χ0) is 13.1. The van der Waals surface area contributed by atoms with Gasteiger partial charge in [0.15, 0.2) is 4.77 Å². The Morgan fingerprint density at radius 1 is 1.39 bits per heavy atom. The summed E-state index contributed by atoms with van der Waals surface area (Å²) in [5.41, 5.74) is 0. The molecule has 5 nitrogen and oxygen atoms in total. The average Bonchev–Trinajstić information content (AvgIpc) is 2.70. The first-order chi connectivity index (χ1) is 8.61. The fourth-order valence-electron chi connectivity index (χ4n) is 2.67. The Morgan fingerprint density at radius 2 is 2.06 bits per heavy atom. The molecule has 0 amide bonds. The van der Waals surface area contributed by atoms with Crippen LogP contribution in [0, 0.1) is 10.7 Å². The van der Waals surface area contributed by atoms with Crippen LogP contribution in [0.4, 0.5) is 5.95 Å². The second kappa shape index (κ2) is 5.84. The molecule has 2 rings (SSSR count). The molecule has 6 heteroatoms. The van der Waals surface area contributed by atoms with Gasteiger partial charge in [0.05, 0.1) is 0 Å². The summed E-state index contributed by atoms with van der Waals surface area (Å²) < 4.78 is 2.80. The molecule has 0 spiro atoms. The van der Waals surface area contributed by atoms with Crippen LogP contribution in [0.3, 0.4) is 0 Å². The molecule has 1 aliphatic rings. The van der Waals surface area contributed by atoms with Gasteiger partial charge in [-0.2, -0.15) is 0 Å². The Hall–Kier alpha value is -0.880. The molecule has 0 radical (unpaired) electrons. The Bertz CT molecular complexity index is 428. The number of hydrogen-bond acceptors (Lipinski definition) is 4. The Balaban J connectivity index is 1.99. The van der Waals surface area contributed by atoms with Gasteiger partial charge in [0.1, 0.15) is 0 Å². The van der Waals surface area contributed by atoms with E-state index in [0.29, 0.717) is 0 Å². The smallest absolute Gasteiger partial charge is 0.225 e. The summed E-state index contributed by atoms with van der Waals surface area (Å²) in [4.78, 5) is 4.63. The van der Waals surface area contributed by atoms with E-state index in [0.717, 1.165) is 36.3 Å². The maximum absolute atomic E-state index is 5.23. The van der Waals surface area contributed by atoms with Crippen LogP contribution >= 0.6 is 12.2 Å². The van der Waals surface area contributed by atoms with Crippen molar-refractivity contribution >= 4 is 18.2 Å². The van der Waals surface area contributed by atoms with Gasteiger partial charge in [0.2, 0.25) is 5.95 Å². The first-order valence-electron chi connectivity index (χ1n) is 6.66. The van der Waals surface area contributed by atoms with Gasteiger partial charge in [-0.3, -0.25) is 4.57 Å². The normalized spacial score (nSPS) is 17.7. The van der Waals surface area contributed by atoms with E-state index in [1.165, 1.54) is 19.4 Å². The van der Waals surface area contributed by atoms with Crippen LogP contribution in [0.1, 0.15) is 19.8 Å². The number of nitrogens with zero attached hydrogens (tertiary/aromatic N) is 4. The Morgan fingerprint density at radius 3 is 2.61 bits per heavy atom. The summed E-state index contributed by atoms with van der Waals surface area (Å²) in [7, 11) is 4.29. The highest BCUT2D eigenvalue weighted by Gasteiger charge is 2.22. The molecule has 1 N–H and O–H groups in total. The molecule has 102 valence electrons. The predicted molar refractivity (Wildman–Crippen MR) is 76.6 cm³/mol. The zero-order valence-corrected chi connectivity index (χ0v) is 12.3. The topological polar surface area (TPSA) is 40.1 Å². The number of hydrogen-bond donors (Lipinski definition) is 1. The number of aromatic nitrogens is 3. The van der Waals surface area contributed by atoms with E-state index in [1.54, 1.807) is 0 Å². The van der Waals surface area contributed by atoms with E-state index in [4.69, 9.17) is 12.2 Å². The largest absolute Gasteiger partial charge is 0.341 e. The summed E-state index contributed by atoms with van der Waals surface area (Å²) >= 11 is 5.23. The number of aromatic amines is 1. The molecule has 2 heterocycles. The van der Waals surface area contributed by atoms with Crippen LogP contribution in [0.25, 0.3) is 0 Å². The molecule has 1 aromatic heterocycles. The molecule has 1 saturated heterocycles. The monoisotopic (exact) mass is 269 g/mol. The van der Waals surface area contributed by atoms with E-state index >= 15 is 0 Å². The third kappa shape index (κ3) is 2.92. The molecular weight excluding hydrogens is 246 g/mol. The quantitative estimate of drug-likeness (QED) is 0.845. The van der Waals surface area contributed by atoms with E-state index in [2.05, 4.69) is 45.6 Å². The minimum Gasteiger partial charge on any atom is -0.341 e. The summed E-state index contributed by atoms with van der Waals surface area (Å²) in [6.07, 6.45) is 2.48. The second-order valence-electron chi connectivity index (χ2n) is 5.27. The molecule has 0 bridgehead atoms. The summed E-state index contributed by atoms with van der Waals surface area (Å²) in [5, 5.41) is 7.25. The molecule has 1 aliphatic heterocycles. The van der Waals surface area contributed by atoms with Gasteiger partial charge in [-0.05, 0) is 52.0 Å². The lowest BCUT2D eigenvalue weighted by atomic mass is 9.97. The van der Waals surface area contributed by atoms with E-state index in [-0.39, 0.29) is 0 Å². The standard InChI is InChI=1S/C12H23N5S/c1-4-17-11(13-14-12(17)18)16-7-5-10(6-8-16)9-15(2)3/h10H,4-9H2,1-3H3,(H,14,18). The van der Waals surface area contributed by atoms with Gasteiger partial charge >= 0.3 is 0 Å². The van der Waals surface area contributed by atoms with Gasteiger partial charge in [0.25, 0.3) is 0 Å². The molecule has 0 aromatic carbocycles. The van der Waals surface area contributed by atoms with Gasteiger partial charge in [0, 0.05) is 26.2 Å². The Kier molecular flexibility index (Phi) is 4.40. The van der Waals surface area contributed by atoms with Crippen molar-refractivity contribution in [3.8, 4) is 0 Å². The first-order valence-corrected chi connectivity index (χ1v) is 7.07. The number of nitrogens with one attached hydrogen (secondary N) is 1. The van der Waals surface area contributed by atoms with Gasteiger partial charge in [-0.25, -0.2) is 5.10 Å². The third-order valence-electron chi connectivity index (χ3n) is 3.58. The lowest BCUT2D eigenvalue weighted by molar-refractivity contribution is 0.283. The van der Waals surface area contributed by atoms with Crippen molar-refractivity contribution in [2.24, 2.45) is 5.92 Å². The third-order valence-corrected chi connectivity index (χ3v) is 3.89. The van der Waals surface area contributed by atoms with Crippen molar-refractivity contribution in [3.05, 3.63) is 4.77 Å². The molecule has 0 aliphatic carbocycles. The summed E-state index contributed by atoms with van der Waals surface area (Å²) in [6.45, 7) is 6.33. The van der Waals surface area contributed by atoms with Crippen LogP contribution in [0.2, 0.25) is 0 Å². The Labute approximate surface area is 114 Å². The van der Waals surface area contributed by atoms with Crippen LogP contribution < -0.4 is 4.90 Å². The van der Waals surface area contributed by atoms with Crippen LogP contribution in [-0.2, 0) is 6.54 Å². The molecule has 1 aromatic rings. The van der Waals surface area contributed by atoms with E-state index in [1.807, 2.05) is 0 Å². The fraction of sp³-hybridized carbons (Fsp3) is 0.833. The highest BCUT2D eigenvalue weighted by Crippen LogP contribution is 2.22. The molecule has 0 unspecified atom stereocenters. The zero-order valence-electron chi connectivity index (χ0n) is 11.5. The van der Waals surface area contributed by atoms with Crippen molar-refractivity contribution in [2.75, 3.05) is 38.6 Å². The highest BCUT2D eigenvalue weighted by molar-refractivity contribution is 7.71. The van der Waals surface area contributed by atoms with E-state index in [9.17, 15) is 0 Å². The van der Waals surface area contributed by atoms with Crippen LogP contribution in [-0.4, -0.2) is 53.4 Å². The SMILES string of the molecule is CCn1c(N2CCC(CN(C)C)CC2)n[nH]c1=S. The lowest BCUT2D eigenvalue weighted by Crippen LogP contribution is -2.38. The minimum absolute atomic E-state index is 0.725. The van der Waals surface area contributed by atoms with Crippen molar-refractivity contribution < 1.29 is 0 Å². The van der Waals surface area contributed by atoms with Crippen molar-refractivity contribution in [1.29, 1.82) is 0 Å². The maximum Gasteiger partial charge on any atom is 0.225 e. The molecule has 0 atom stereocenters. The van der Waals surface area contributed by atoms with Gasteiger partial charge in [-0.15, -0.1) is 5.10 Å². The second-order valence-corrected chi connectivity index (χ2v) is 5.65. The number of piperidine rings is 1. The lowest BCUT2D eigenvalue weighted by Gasteiger charge is -2.33. The summed E-state index contributed by atoms with van der Waals surface area (Å²) in [6, 6.07) is 0. The number of anilines is 1. The van der Waals surface area contributed by atoms with Crippen molar-refractivity contribution in [1.82, 2.24) is 19.7 Å². The first kappa shape index (κ1) is 13.5. The number of H-pyrrole nitrogens is 1. The molecule has 0 saturated carbocycles. The van der Waals surface area contributed by atoms with Crippen LogP contribution in [0.5, 0.6) is 0 Å². The van der Waals surface area contributed by atoms with E-state index < -0.39 is 0 Å². The number of rotatable bonds is 4. The molecular formula is C12H23N5S. The van der Waals surface area contributed by atoms with Gasteiger partial charge in [-0.1, -0.05) is 0 Å². The van der Waals surface area contributed by atoms with Crippen molar-refractivity contribution in [2.45, 2.75) is 26.3 Å².